The molecule has 1 aromatic heterocycles. The SMILES string of the molecule is Cc1nn(C(C)C)c(=O)n1Cc1ccc(CO)cc1. The highest BCUT2D eigenvalue weighted by Gasteiger charge is 2.12. The fraction of sp³-hybridized carbons (Fsp3) is 0.429. The Labute approximate surface area is 112 Å². The lowest BCUT2D eigenvalue weighted by Gasteiger charge is -2.04. The summed E-state index contributed by atoms with van der Waals surface area (Å²) in [5.74, 6) is 0.713. The quantitative estimate of drug-likeness (QED) is 0.906. The summed E-state index contributed by atoms with van der Waals surface area (Å²) >= 11 is 0. The van der Waals surface area contributed by atoms with Crippen molar-refractivity contribution in [1.29, 1.82) is 0 Å². The Morgan fingerprint density at radius 1 is 1.21 bits per heavy atom. The number of hydrogen-bond donors (Lipinski definition) is 1. The van der Waals surface area contributed by atoms with Crippen LogP contribution in [-0.4, -0.2) is 19.5 Å². The minimum absolute atomic E-state index is 0.0323. The maximum Gasteiger partial charge on any atom is 0.346 e. The lowest BCUT2D eigenvalue weighted by atomic mass is 10.1. The molecule has 5 heteroatoms. The van der Waals surface area contributed by atoms with E-state index in [4.69, 9.17) is 5.11 Å². The molecule has 2 aromatic rings. The van der Waals surface area contributed by atoms with Crippen LogP contribution in [0.2, 0.25) is 0 Å². The number of aliphatic hydroxyl groups is 1. The molecule has 0 radical (unpaired) electrons. The van der Waals surface area contributed by atoms with Crippen LogP contribution in [0.5, 0.6) is 0 Å². The van der Waals surface area contributed by atoms with Gasteiger partial charge in [0.1, 0.15) is 5.82 Å². The summed E-state index contributed by atoms with van der Waals surface area (Å²) in [5.41, 5.74) is 1.80. The van der Waals surface area contributed by atoms with Crippen molar-refractivity contribution < 1.29 is 5.11 Å². The van der Waals surface area contributed by atoms with Crippen molar-refractivity contribution in [3.05, 3.63) is 51.7 Å². The molecular weight excluding hydrogens is 242 g/mol. The molecule has 5 nitrogen and oxygen atoms in total. The lowest BCUT2D eigenvalue weighted by molar-refractivity contribution is 0.282. The maximum atomic E-state index is 12.2. The van der Waals surface area contributed by atoms with Crippen molar-refractivity contribution in [1.82, 2.24) is 14.3 Å². The van der Waals surface area contributed by atoms with E-state index >= 15 is 0 Å². The zero-order valence-electron chi connectivity index (χ0n) is 11.5. The van der Waals surface area contributed by atoms with E-state index in [0.29, 0.717) is 12.4 Å². The summed E-state index contributed by atoms with van der Waals surface area (Å²) in [7, 11) is 0. The van der Waals surface area contributed by atoms with Gasteiger partial charge in [0.05, 0.1) is 19.2 Å². The first kappa shape index (κ1) is 13.5. The summed E-state index contributed by atoms with van der Waals surface area (Å²) in [6.45, 7) is 6.25. The topological polar surface area (TPSA) is 60.0 Å². The molecule has 0 atom stereocenters. The van der Waals surface area contributed by atoms with E-state index in [1.54, 1.807) is 4.57 Å². The fourth-order valence-corrected chi connectivity index (χ4v) is 1.97. The molecule has 19 heavy (non-hydrogen) atoms. The van der Waals surface area contributed by atoms with Crippen molar-refractivity contribution in [3.8, 4) is 0 Å². The first-order valence-electron chi connectivity index (χ1n) is 6.37. The summed E-state index contributed by atoms with van der Waals surface area (Å²) in [6.07, 6.45) is 0. The van der Waals surface area contributed by atoms with Crippen molar-refractivity contribution >= 4 is 0 Å². The molecule has 0 bridgehead atoms. The molecule has 0 unspecified atom stereocenters. The van der Waals surface area contributed by atoms with Crippen molar-refractivity contribution in [2.45, 2.75) is 40.0 Å². The Hall–Kier alpha value is -1.88. The third kappa shape index (κ3) is 2.76. The van der Waals surface area contributed by atoms with E-state index in [1.807, 2.05) is 45.0 Å². The number of aromatic nitrogens is 3. The van der Waals surface area contributed by atoms with E-state index in [-0.39, 0.29) is 18.3 Å². The van der Waals surface area contributed by atoms with Crippen LogP contribution in [0.25, 0.3) is 0 Å². The van der Waals surface area contributed by atoms with Gasteiger partial charge in [-0.15, -0.1) is 0 Å². The van der Waals surface area contributed by atoms with Crippen LogP contribution in [0.4, 0.5) is 0 Å². The number of hydrogen-bond acceptors (Lipinski definition) is 3. The molecule has 0 aliphatic carbocycles. The lowest BCUT2D eigenvalue weighted by Crippen LogP contribution is -2.26. The molecule has 0 saturated heterocycles. The monoisotopic (exact) mass is 261 g/mol. The highest BCUT2D eigenvalue weighted by atomic mass is 16.3. The van der Waals surface area contributed by atoms with Crippen LogP contribution in [0.15, 0.2) is 29.1 Å². The zero-order chi connectivity index (χ0) is 14.0. The molecule has 0 aliphatic heterocycles. The van der Waals surface area contributed by atoms with E-state index in [0.717, 1.165) is 11.1 Å². The molecular formula is C14H19N3O2. The third-order valence-corrected chi connectivity index (χ3v) is 3.11. The second-order valence-corrected chi connectivity index (χ2v) is 4.93. The maximum absolute atomic E-state index is 12.2. The van der Waals surface area contributed by atoms with E-state index in [9.17, 15) is 4.79 Å². The minimum Gasteiger partial charge on any atom is -0.392 e. The number of rotatable bonds is 4. The first-order valence-corrected chi connectivity index (χ1v) is 6.37. The number of aliphatic hydroxyl groups excluding tert-OH is 1. The standard InChI is InChI=1S/C14H19N3O2/c1-10(2)17-14(19)16(11(3)15-17)8-12-4-6-13(9-18)7-5-12/h4-7,10,18H,8-9H2,1-3H3. The van der Waals surface area contributed by atoms with Gasteiger partial charge in [0.15, 0.2) is 0 Å². The number of benzene rings is 1. The van der Waals surface area contributed by atoms with Crippen LogP contribution in [0.3, 0.4) is 0 Å². The Bertz CT molecular complexity index is 609. The van der Waals surface area contributed by atoms with Gasteiger partial charge in [0.2, 0.25) is 0 Å². The van der Waals surface area contributed by atoms with Gasteiger partial charge < -0.3 is 5.11 Å². The summed E-state index contributed by atoms with van der Waals surface area (Å²) < 4.78 is 3.16. The molecule has 0 amide bonds. The van der Waals surface area contributed by atoms with Gasteiger partial charge in [-0.1, -0.05) is 24.3 Å². The van der Waals surface area contributed by atoms with Crippen molar-refractivity contribution in [3.63, 3.8) is 0 Å². The fourth-order valence-electron chi connectivity index (χ4n) is 1.97. The first-order chi connectivity index (χ1) is 9.02. The molecule has 0 saturated carbocycles. The number of nitrogens with zero attached hydrogens (tertiary/aromatic N) is 3. The van der Waals surface area contributed by atoms with Gasteiger partial charge >= 0.3 is 5.69 Å². The van der Waals surface area contributed by atoms with Crippen LogP contribution in [0.1, 0.15) is 36.8 Å². The van der Waals surface area contributed by atoms with Gasteiger partial charge in [-0.2, -0.15) is 5.10 Å². The Morgan fingerprint density at radius 2 is 1.79 bits per heavy atom. The van der Waals surface area contributed by atoms with Crippen LogP contribution >= 0.6 is 0 Å². The minimum atomic E-state index is -0.0845. The normalized spacial score (nSPS) is 11.2. The van der Waals surface area contributed by atoms with Gasteiger partial charge in [-0.25, -0.2) is 9.48 Å². The van der Waals surface area contributed by atoms with E-state index < -0.39 is 0 Å². The predicted octanol–water partition coefficient (Wildman–Crippen LogP) is 1.47. The largest absolute Gasteiger partial charge is 0.392 e. The average molecular weight is 261 g/mol. The van der Waals surface area contributed by atoms with Crippen LogP contribution in [-0.2, 0) is 13.2 Å². The highest BCUT2D eigenvalue weighted by molar-refractivity contribution is 5.22. The molecule has 0 fully saturated rings. The Kier molecular flexibility index (Phi) is 3.85. The zero-order valence-corrected chi connectivity index (χ0v) is 11.5. The van der Waals surface area contributed by atoms with E-state index in [2.05, 4.69) is 5.10 Å². The molecule has 1 aromatic carbocycles. The smallest absolute Gasteiger partial charge is 0.346 e. The summed E-state index contributed by atoms with van der Waals surface area (Å²) in [5, 5.41) is 13.3. The number of aryl methyl sites for hydroxylation is 1. The molecule has 102 valence electrons. The van der Waals surface area contributed by atoms with Crippen molar-refractivity contribution in [2.24, 2.45) is 0 Å². The molecule has 1 heterocycles. The molecule has 0 aliphatic rings. The second kappa shape index (κ2) is 5.40. The predicted molar refractivity (Wildman–Crippen MR) is 73.1 cm³/mol. The van der Waals surface area contributed by atoms with Gasteiger partial charge in [-0.05, 0) is 31.9 Å². The van der Waals surface area contributed by atoms with E-state index in [1.165, 1.54) is 4.68 Å². The van der Waals surface area contributed by atoms with Gasteiger partial charge in [-0.3, -0.25) is 4.57 Å². The van der Waals surface area contributed by atoms with Crippen LogP contribution < -0.4 is 5.69 Å². The molecule has 2 rings (SSSR count). The van der Waals surface area contributed by atoms with Gasteiger partial charge in [0.25, 0.3) is 0 Å². The average Bonchev–Trinajstić information content (AvgIpc) is 2.68. The second-order valence-electron chi connectivity index (χ2n) is 4.93. The van der Waals surface area contributed by atoms with Gasteiger partial charge in [0, 0.05) is 0 Å². The summed E-state index contributed by atoms with van der Waals surface area (Å²) in [6, 6.07) is 7.63. The Balaban J connectivity index is 2.30. The highest BCUT2D eigenvalue weighted by Crippen LogP contribution is 2.07. The third-order valence-electron chi connectivity index (χ3n) is 3.11. The molecule has 0 spiro atoms. The van der Waals surface area contributed by atoms with Crippen molar-refractivity contribution in [2.75, 3.05) is 0 Å². The Morgan fingerprint density at radius 3 is 2.26 bits per heavy atom. The molecule has 1 N–H and O–H groups in total. The summed E-state index contributed by atoms with van der Waals surface area (Å²) in [4.78, 5) is 12.2. The van der Waals surface area contributed by atoms with Crippen LogP contribution in [0, 0.1) is 6.92 Å².